The summed E-state index contributed by atoms with van der Waals surface area (Å²) in [6, 6.07) is 21.3. The van der Waals surface area contributed by atoms with Crippen LogP contribution in [0.5, 0.6) is 0 Å². The molecule has 2 heterocycles. The first-order valence-corrected chi connectivity index (χ1v) is 15.6. The molecule has 0 spiro atoms. The van der Waals surface area contributed by atoms with Crippen LogP contribution in [0.25, 0.3) is 49.2 Å². The molecule has 0 amide bonds. The van der Waals surface area contributed by atoms with Crippen molar-refractivity contribution in [3.63, 3.8) is 0 Å². The fourth-order valence-electron chi connectivity index (χ4n) is 5.00. The number of benzene rings is 3. The van der Waals surface area contributed by atoms with Crippen molar-refractivity contribution in [2.75, 3.05) is 0 Å². The molecule has 0 saturated carbocycles. The van der Waals surface area contributed by atoms with E-state index in [1.54, 1.807) is 0 Å². The van der Waals surface area contributed by atoms with Gasteiger partial charge in [0.15, 0.2) is 5.69 Å². The molecule has 5 rings (SSSR count). The highest BCUT2D eigenvalue weighted by molar-refractivity contribution is 6.88. The van der Waals surface area contributed by atoms with E-state index in [4.69, 9.17) is 11.0 Å². The van der Waals surface area contributed by atoms with E-state index in [0.717, 1.165) is 44.2 Å². The van der Waals surface area contributed by atoms with Crippen molar-refractivity contribution in [1.29, 1.82) is 0 Å². The summed E-state index contributed by atoms with van der Waals surface area (Å²) in [5, 5.41) is 3.59. The number of rotatable bonds is 3. The van der Waals surface area contributed by atoms with Crippen LogP contribution in [0.3, 0.4) is 0 Å². The molecular formula is C31H31N2OSi+. The van der Waals surface area contributed by atoms with Crippen molar-refractivity contribution in [1.82, 2.24) is 0 Å². The summed E-state index contributed by atoms with van der Waals surface area (Å²) in [6.45, 7) is 21.4. The molecule has 0 bridgehead atoms. The number of hydrogen-bond acceptors (Lipinski definition) is 1. The van der Waals surface area contributed by atoms with E-state index in [0.29, 0.717) is 5.69 Å². The topological polar surface area (TPSA) is 21.4 Å². The zero-order chi connectivity index (χ0) is 25.1. The minimum atomic E-state index is -1.52. The van der Waals surface area contributed by atoms with E-state index in [1.165, 1.54) is 22.1 Å². The number of aryl methyl sites for hydroxylation is 3. The van der Waals surface area contributed by atoms with Crippen molar-refractivity contribution in [2.45, 2.75) is 40.4 Å². The lowest BCUT2D eigenvalue weighted by Crippen LogP contribution is -2.44. The second kappa shape index (κ2) is 8.22. The van der Waals surface area contributed by atoms with E-state index < -0.39 is 8.07 Å². The van der Waals surface area contributed by atoms with Gasteiger partial charge in [-0.05, 0) is 35.7 Å². The number of fused-ring (bicyclic) bond motifs is 3. The van der Waals surface area contributed by atoms with Crippen molar-refractivity contribution >= 4 is 40.9 Å². The molecule has 174 valence electrons. The fraction of sp³-hybridized carbons (Fsp3) is 0.226. The molecule has 0 aliphatic carbocycles. The van der Waals surface area contributed by atoms with Gasteiger partial charge in [-0.25, -0.2) is 4.85 Å². The zero-order valence-corrected chi connectivity index (χ0v) is 22.6. The number of furan rings is 1. The minimum Gasteiger partial charge on any atom is -0.456 e. The Labute approximate surface area is 208 Å². The Balaban J connectivity index is 1.94. The van der Waals surface area contributed by atoms with Crippen LogP contribution in [-0.4, -0.2) is 8.07 Å². The highest BCUT2D eigenvalue weighted by Crippen LogP contribution is 2.45. The molecule has 0 aliphatic heterocycles. The van der Waals surface area contributed by atoms with Crippen LogP contribution >= 0.6 is 0 Å². The van der Waals surface area contributed by atoms with Gasteiger partial charge in [-0.2, -0.15) is 4.57 Å². The predicted octanol–water partition coefficient (Wildman–Crippen LogP) is 7.77. The Morgan fingerprint density at radius 3 is 2.14 bits per heavy atom. The third-order valence-corrected chi connectivity index (χ3v) is 9.17. The number of nitrogens with zero attached hydrogens (tertiary/aromatic N) is 2. The molecule has 2 aromatic heterocycles. The monoisotopic (exact) mass is 475 g/mol. The normalized spacial score (nSPS) is 11.8. The Morgan fingerprint density at radius 1 is 0.800 bits per heavy atom. The maximum absolute atomic E-state index is 7.91. The van der Waals surface area contributed by atoms with Gasteiger partial charge in [0.25, 0.3) is 0 Å². The van der Waals surface area contributed by atoms with Gasteiger partial charge in [0.05, 0.1) is 20.2 Å². The molecule has 3 aromatic carbocycles. The summed E-state index contributed by atoms with van der Waals surface area (Å²) in [5.41, 5.74) is 9.92. The maximum Gasteiger partial charge on any atom is 0.216 e. The van der Waals surface area contributed by atoms with Crippen LogP contribution in [0, 0.1) is 27.3 Å². The smallest absolute Gasteiger partial charge is 0.216 e. The molecule has 0 radical (unpaired) electrons. The van der Waals surface area contributed by atoms with Gasteiger partial charge in [-0.1, -0.05) is 68.2 Å². The number of hydrogen-bond donors (Lipinski definition) is 0. The maximum atomic E-state index is 7.91. The van der Waals surface area contributed by atoms with Crippen molar-refractivity contribution in [3.05, 3.63) is 88.9 Å². The van der Waals surface area contributed by atoms with Crippen LogP contribution in [0.1, 0.15) is 16.8 Å². The predicted molar refractivity (Wildman–Crippen MR) is 149 cm³/mol. The highest BCUT2D eigenvalue weighted by Gasteiger charge is 2.27. The number of pyridine rings is 1. The summed E-state index contributed by atoms with van der Waals surface area (Å²) >= 11 is 0. The average Bonchev–Trinajstić information content (AvgIpc) is 3.17. The Kier molecular flexibility index (Phi) is 5.42. The molecular weight excluding hydrogens is 444 g/mol. The van der Waals surface area contributed by atoms with Gasteiger partial charge in [0.1, 0.15) is 18.2 Å². The second-order valence-electron chi connectivity index (χ2n) is 10.6. The van der Waals surface area contributed by atoms with Gasteiger partial charge in [0, 0.05) is 35.4 Å². The molecule has 3 nitrogen and oxygen atoms in total. The lowest BCUT2D eigenvalue weighted by Gasteiger charge is -2.18. The molecule has 4 heteroatoms. The lowest BCUT2D eigenvalue weighted by molar-refractivity contribution is -0.666. The Bertz CT molecular complexity index is 1670. The lowest BCUT2D eigenvalue weighted by atomic mass is 9.96. The third-order valence-electron chi connectivity index (χ3n) is 7.15. The number of aromatic nitrogens is 1. The standard InChI is InChI=1S/C31H31N2OSi/c1-19-14-15-24-25-16-20(2)29(32-4)28(22-12-10-9-11-13-22)31(25)34-30(24)27(19)26-18-23(35(6,7)8)17-21(3)33(26)5/h9-18H,1-3,5-8H3/q+1. The van der Waals surface area contributed by atoms with E-state index in [9.17, 15) is 0 Å². The summed E-state index contributed by atoms with van der Waals surface area (Å²) in [4.78, 5) is 3.92. The van der Waals surface area contributed by atoms with Crippen molar-refractivity contribution in [2.24, 2.45) is 7.05 Å². The second-order valence-corrected chi connectivity index (χ2v) is 15.7. The highest BCUT2D eigenvalue weighted by atomic mass is 28.3. The molecule has 0 N–H and O–H groups in total. The third kappa shape index (κ3) is 3.68. The average molecular weight is 476 g/mol. The minimum absolute atomic E-state index is 0.656. The van der Waals surface area contributed by atoms with E-state index in [-0.39, 0.29) is 0 Å². The van der Waals surface area contributed by atoms with Gasteiger partial charge in [0.2, 0.25) is 11.4 Å². The van der Waals surface area contributed by atoms with Crippen LogP contribution < -0.4 is 9.75 Å². The van der Waals surface area contributed by atoms with Gasteiger partial charge < -0.3 is 4.42 Å². The Hall–Kier alpha value is -3.68. The SMILES string of the molecule is [C-]#[N+]c1c(C)cc2c(oc3c(-c4cc([Si](C)(C)C)cc(C)[n+]4C)c(C)ccc32)c1-c1ccccc1. The first kappa shape index (κ1) is 23.1. The van der Waals surface area contributed by atoms with E-state index in [1.807, 2.05) is 25.1 Å². The molecule has 0 unspecified atom stereocenters. The Morgan fingerprint density at radius 2 is 1.49 bits per heavy atom. The molecule has 0 saturated heterocycles. The van der Waals surface area contributed by atoms with Crippen LogP contribution in [0.15, 0.2) is 65.1 Å². The van der Waals surface area contributed by atoms with Crippen molar-refractivity contribution in [3.8, 4) is 22.4 Å². The van der Waals surface area contributed by atoms with Crippen LogP contribution in [0.2, 0.25) is 19.6 Å². The summed E-state index contributed by atoms with van der Waals surface area (Å²) < 4.78 is 9.05. The molecule has 0 atom stereocenters. The van der Waals surface area contributed by atoms with Gasteiger partial charge >= 0.3 is 0 Å². The molecule has 0 aliphatic rings. The molecule has 35 heavy (non-hydrogen) atoms. The van der Waals surface area contributed by atoms with Crippen molar-refractivity contribution < 1.29 is 8.98 Å². The van der Waals surface area contributed by atoms with Gasteiger partial charge in [-0.15, -0.1) is 0 Å². The largest absolute Gasteiger partial charge is 0.456 e. The first-order valence-electron chi connectivity index (χ1n) is 12.1. The zero-order valence-electron chi connectivity index (χ0n) is 21.6. The summed E-state index contributed by atoms with van der Waals surface area (Å²) in [5.74, 6) is 0. The first-order chi connectivity index (χ1) is 16.6. The van der Waals surface area contributed by atoms with E-state index in [2.05, 4.69) is 92.4 Å². The van der Waals surface area contributed by atoms with Crippen LogP contribution in [0.4, 0.5) is 5.69 Å². The summed E-state index contributed by atoms with van der Waals surface area (Å²) in [6.07, 6.45) is 0. The summed E-state index contributed by atoms with van der Waals surface area (Å²) in [7, 11) is 0.616. The fourth-order valence-corrected chi connectivity index (χ4v) is 6.21. The van der Waals surface area contributed by atoms with E-state index >= 15 is 0 Å². The quantitative estimate of drug-likeness (QED) is 0.148. The molecule has 0 fully saturated rings. The van der Waals surface area contributed by atoms with Crippen LogP contribution in [-0.2, 0) is 7.05 Å². The van der Waals surface area contributed by atoms with Gasteiger partial charge in [-0.3, -0.25) is 0 Å². The molecule has 5 aromatic rings.